The number of nitrogens with zero attached hydrogens (tertiary/aromatic N) is 1. The fourth-order valence-electron chi connectivity index (χ4n) is 7.87. The molecule has 0 unspecified atom stereocenters. The number of hydrogen-bond acceptors (Lipinski definition) is 16. The molecule has 346 valence electrons. The molecule has 1 aromatic carbocycles. The SMILES string of the molecule is [C-]#[N+]C(C(=O)OCCCCOC(=O)C=C)=C1Sc2c(OC(=O)C3CCC(C)CC3)ccc(OC(=O)C3CCC(OC(=O)C4CCC(C(=O)OCCCCOC(=O)C=C)CC4)CC3)c2S1. The molecule has 0 bridgehead atoms. The van der Waals surface area contributed by atoms with Crippen LogP contribution in [-0.2, 0) is 57.2 Å². The lowest BCUT2D eigenvalue weighted by molar-refractivity contribution is -0.160. The predicted octanol–water partition coefficient (Wildman–Crippen LogP) is 8.62. The maximum Gasteiger partial charge on any atom is 0.338 e. The summed E-state index contributed by atoms with van der Waals surface area (Å²) in [5, 5.41) is 0. The molecule has 0 aromatic heterocycles. The van der Waals surface area contributed by atoms with Gasteiger partial charge >= 0.3 is 41.8 Å². The van der Waals surface area contributed by atoms with E-state index in [9.17, 15) is 33.6 Å². The Balaban J connectivity index is 1.13. The molecule has 0 spiro atoms. The van der Waals surface area contributed by atoms with Crippen molar-refractivity contribution in [3.8, 4) is 11.5 Å². The number of unbranched alkanes of at least 4 members (excludes halogenated alkanes) is 2. The van der Waals surface area contributed by atoms with Crippen molar-refractivity contribution in [3.63, 3.8) is 0 Å². The number of ether oxygens (including phenoxy) is 7. The van der Waals surface area contributed by atoms with Gasteiger partial charge in [-0.2, -0.15) is 0 Å². The zero-order valence-corrected chi connectivity index (χ0v) is 37.9. The van der Waals surface area contributed by atoms with Crippen LogP contribution in [-0.4, -0.2) is 74.3 Å². The summed E-state index contributed by atoms with van der Waals surface area (Å²) in [7, 11) is 0. The lowest BCUT2D eigenvalue weighted by Crippen LogP contribution is -2.33. The monoisotopic (exact) mass is 923 g/mol. The van der Waals surface area contributed by atoms with Crippen molar-refractivity contribution in [1.82, 2.24) is 0 Å². The van der Waals surface area contributed by atoms with Crippen molar-refractivity contribution in [2.75, 3.05) is 26.4 Å². The van der Waals surface area contributed by atoms with Crippen LogP contribution in [0.4, 0.5) is 0 Å². The topological polar surface area (TPSA) is 188 Å². The van der Waals surface area contributed by atoms with Crippen LogP contribution in [0.5, 0.6) is 11.5 Å². The number of esters is 7. The standard InChI is InChI=1S/C47H57NO14S2/c1-5-37(49)56-25-7-9-27-58-42(51)30-15-17-32(18-16-30)43(52)60-34-21-19-33(20-22-34)45(54)62-36-24-23-35(61-44(53)31-13-11-29(3)12-14-31)40-41(36)64-47(63-40)39(48-4)46(55)59-28-10-8-26-57-38(50)6-2/h5-6,23-24,29-34H,1-2,7-22,25-28H2,3H3. The molecule has 0 amide bonds. The van der Waals surface area contributed by atoms with E-state index in [1.165, 1.54) is 0 Å². The largest absolute Gasteiger partial charge is 0.471 e. The van der Waals surface area contributed by atoms with Crippen LogP contribution in [0.1, 0.15) is 110 Å². The van der Waals surface area contributed by atoms with Gasteiger partial charge in [0.15, 0.2) is 0 Å². The number of carbonyl (C=O) groups excluding carboxylic acids is 7. The van der Waals surface area contributed by atoms with E-state index >= 15 is 0 Å². The fraction of sp³-hybridized carbons (Fsp3) is 0.574. The molecule has 0 N–H and O–H groups in total. The minimum atomic E-state index is -0.838. The third-order valence-electron chi connectivity index (χ3n) is 11.8. The van der Waals surface area contributed by atoms with Crippen molar-refractivity contribution in [3.05, 3.63) is 58.8 Å². The zero-order valence-electron chi connectivity index (χ0n) is 36.3. The van der Waals surface area contributed by atoms with Crippen LogP contribution >= 0.6 is 23.5 Å². The van der Waals surface area contributed by atoms with E-state index in [2.05, 4.69) is 24.9 Å². The summed E-state index contributed by atoms with van der Waals surface area (Å²) in [5.41, 5.74) is -0.266. The molecule has 1 aliphatic heterocycles. The summed E-state index contributed by atoms with van der Waals surface area (Å²) in [6, 6.07) is 3.12. The van der Waals surface area contributed by atoms with Gasteiger partial charge in [-0.3, -0.25) is 24.0 Å². The Kier molecular flexibility index (Phi) is 19.8. The van der Waals surface area contributed by atoms with Crippen molar-refractivity contribution in [1.29, 1.82) is 0 Å². The molecule has 3 fully saturated rings. The second-order valence-corrected chi connectivity index (χ2v) is 18.7. The highest BCUT2D eigenvalue weighted by Gasteiger charge is 2.37. The van der Waals surface area contributed by atoms with Crippen molar-refractivity contribution < 1.29 is 66.7 Å². The van der Waals surface area contributed by atoms with Crippen LogP contribution in [0.15, 0.2) is 57.2 Å². The molecule has 1 aromatic rings. The molecular weight excluding hydrogens is 867 g/mol. The molecular formula is C47H57NO14S2. The average molecular weight is 924 g/mol. The van der Waals surface area contributed by atoms with E-state index in [4.69, 9.17) is 39.7 Å². The van der Waals surface area contributed by atoms with Gasteiger partial charge in [0.25, 0.3) is 5.70 Å². The van der Waals surface area contributed by atoms with E-state index in [1.54, 1.807) is 12.1 Å². The lowest BCUT2D eigenvalue weighted by Gasteiger charge is -2.30. The van der Waals surface area contributed by atoms with Crippen LogP contribution in [0.25, 0.3) is 4.85 Å². The summed E-state index contributed by atoms with van der Waals surface area (Å²) in [4.78, 5) is 92.5. The minimum Gasteiger partial charge on any atom is -0.471 e. The van der Waals surface area contributed by atoms with Gasteiger partial charge in [0.1, 0.15) is 17.6 Å². The van der Waals surface area contributed by atoms with Gasteiger partial charge in [-0.25, -0.2) is 14.4 Å². The highest BCUT2D eigenvalue weighted by atomic mass is 32.2. The highest BCUT2D eigenvalue weighted by Crippen LogP contribution is 2.59. The number of fused-ring (bicyclic) bond motifs is 1. The average Bonchev–Trinajstić information content (AvgIpc) is 3.75. The van der Waals surface area contributed by atoms with Crippen LogP contribution < -0.4 is 9.47 Å². The Morgan fingerprint density at radius 3 is 1.47 bits per heavy atom. The molecule has 4 aliphatic rings. The summed E-state index contributed by atoms with van der Waals surface area (Å²) in [6.45, 7) is 17.3. The number of rotatable bonds is 20. The molecule has 5 rings (SSSR count). The van der Waals surface area contributed by atoms with Gasteiger partial charge < -0.3 is 33.2 Å². The first kappa shape index (κ1) is 49.9. The summed E-state index contributed by atoms with van der Waals surface area (Å²) >= 11 is 2.14. The quantitative estimate of drug-likeness (QED) is 0.0302. The van der Waals surface area contributed by atoms with E-state index in [0.717, 1.165) is 61.4 Å². The minimum absolute atomic E-state index is 0.00657. The number of thioether (sulfide) groups is 2. The first-order valence-corrected chi connectivity index (χ1v) is 23.7. The Hall–Kier alpha value is -5.08. The van der Waals surface area contributed by atoms with E-state index in [0.29, 0.717) is 92.8 Å². The fourth-order valence-corrected chi connectivity index (χ4v) is 10.4. The first-order chi connectivity index (χ1) is 30.9. The lowest BCUT2D eigenvalue weighted by atomic mass is 9.82. The predicted molar refractivity (Wildman–Crippen MR) is 234 cm³/mol. The molecule has 0 saturated heterocycles. The zero-order chi connectivity index (χ0) is 46.0. The van der Waals surface area contributed by atoms with Gasteiger partial charge in [0, 0.05) is 12.2 Å². The number of hydrogen-bond donors (Lipinski definition) is 0. The van der Waals surface area contributed by atoms with Crippen molar-refractivity contribution in [2.45, 2.75) is 126 Å². The molecule has 15 nitrogen and oxygen atoms in total. The first-order valence-electron chi connectivity index (χ1n) is 22.1. The molecule has 0 atom stereocenters. The summed E-state index contributed by atoms with van der Waals surface area (Å²) in [5.74, 6) is -3.63. The molecule has 1 heterocycles. The second kappa shape index (κ2) is 25.4. The maximum absolute atomic E-state index is 13.6. The Labute approximate surface area is 382 Å². The van der Waals surface area contributed by atoms with E-state index in [-0.39, 0.29) is 89.6 Å². The van der Waals surface area contributed by atoms with Crippen molar-refractivity contribution in [2.24, 2.45) is 29.6 Å². The van der Waals surface area contributed by atoms with Crippen LogP contribution in [0.2, 0.25) is 0 Å². The van der Waals surface area contributed by atoms with Crippen LogP contribution in [0.3, 0.4) is 0 Å². The number of benzene rings is 1. The van der Waals surface area contributed by atoms with Gasteiger partial charge in [-0.05, 0) is 121 Å². The summed E-state index contributed by atoms with van der Waals surface area (Å²) in [6.07, 6.45) is 10.9. The molecule has 3 saturated carbocycles. The van der Waals surface area contributed by atoms with E-state index in [1.807, 2.05) is 0 Å². The normalized spacial score (nSPS) is 23.4. The van der Waals surface area contributed by atoms with Crippen LogP contribution in [0, 0.1) is 36.2 Å². The third-order valence-corrected chi connectivity index (χ3v) is 14.4. The Morgan fingerprint density at radius 1 is 0.594 bits per heavy atom. The van der Waals surface area contributed by atoms with Gasteiger partial charge in [0.05, 0.1) is 70.7 Å². The Bertz CT molecular complexity index is 1970. The highest BCUT2D eigenvalue weighted by molar-refractivity contribution is 8.24. The number of carbonyl (C=O) groups is 7. The molecule has 17 heteroatoms. The van der Waals surface area contributed by atoms with Gasteiger partial charge in [-0.15, -0.1) is 0 Å². The summed E-state index contributed by atoms with van der Waals surface area (Å²) < 4.78 is 38.7. The van der Waals surface area contributed by atoms with Crippen molar-refractivity contribution >= 4 is 65.3 Å². The second-order valence-electron chi connectivity index (χ2n) is 16.4. The molecule has 3 aliphatic carbocycles. The molecule has 0 radical (unpaired) electrons. The van der Waals surface area contributed by atoms with E-state index < -0.39 is 29.8 Å². The molecule has 64 heavy (non-hydrogen) atoms. The third kappa shape index (κ3) is 14.7. The maximum atomic E-state index is 13.6. The smallest absolute Gasteiger partial charge is 0.338 e. The Morgan fingerprint density at radius 2 is 1.00 bits per heavy atom. The van der Waals surface area contributed by atoms with Gasteiger partial charge in [0.2, 0.25) is 0 Å². The van der Waals surface area contributed by atoms with Gasteiger partial charge in [-0.1, -0.05) is 43.6 Å².